The van der Waals surface area contributed by atoms with Crippen LogP contribution in [0.1, 0.15) is 239 Å². The molecule has 15 N–H and O–H groups in total. The predicted octanol–water partition coefficient (Wildman–Crippen LogP) is 4.12. The van der Waals surface area contributed by atoms with Gasteiger partial charge in [0.25, 0.3) is 0 Å². The lowest BCUT2D eigenvalue weighted by molar-refractivity contribution is -0.380. The van der Waals surface area contributed by atoms with Gasteiger partial charge >= 0.3 is 0 Å². The summed E-state index contributed by atoms with van der Waals surface area (Å²) in [5.41, 5.74) is 0. The monoisotopic (exact) mass is 1340 g/mol. The third kappa shape index (κ3) is 29.7. The summed E-state index contributed by atoms with van der Waals surface area (Å²) in [6, 6.07) is -2.62. The largest absolute Gasteiger partial charge is 0.394 e. The van der Waals surface area contributed by atoms with E-state index in [2.05, 4.69) is 24.5 Å². The van der Waals surface area contributed by atoms with E-state index in [-0.39, 0.29) is 12.3 Å². The average Bonchev–Trinajstić information content (AvgIpc) is 0.808. The summed E-state index contributed by atoms with van der Waals surface area (Å²) in [6.45, 7) is 1.63. The summed E-state index contributed by atoms with van der Waals surface area (Å²) in [6.07, 6.45) is 8.53. The predicted molar refractivity (Wildman–Crippen MR) is 345 cm³/mol. The quantitative estimate of drug-likeness (QED) is 0.0301. The highest BCUT2D eigenvalue weighted by atomic mass is 16.8. The lowest BCUT2D eigenvalue weighted by Gasteiger charge is -2.50. The van der Waals surface area contributed by atoms with E-state index in [1.807, 2.05) is 6.08 Å². The Kier molecular flexibility index (Phi) is 43.5. The number of hydrogen-bond acceptors (Lipinski definition) is 23. The molecule has 4 aliphatic rings. The van der Waals surface area contributed by atoms with Gasteiger partial charge in [0.05, 0.1) is 45.2 Å². The molecule has 25 nitrogen and oxygen atoms in total. The van der Waals surface area contributed by atoms with Gasteiger partial charge in [-0.2, -0.15) is 0 Å². The fraction of sp³-hybridized carbons (Fsp3) is 0.941. The molecule has 0 spiro atoms. The molecule has 4 saturated heterocycles. The fourth-order valence-electron chi connectivity index (χ4n) is 12.8. The molecule has 0 radical (unpaired) electrons. The number of allylic oxidation sites excluding steroid dienone is 1. The summed E-state index contributed by atoms with van der Waals surface area (Å²) in [7, 11) is 0. The standard InChI is InChI=1S/C68H126N2O23/c1-4-6-8-10-12-14-16-18-19-20-21-22-23-24-25-27-29-31-33-35-37-39-52(77)70-46(47(76)38-36-34-32-30-28-26-17-15-13-11-9-7-5-2)44-86-66-60(84)57(81)63(50(42-73)89-66)92-68-61(85)58(82)62(51(43-74)90-68)91-65-53(69-45(3)75)64(55(79)49(41-72)87-65)93-67-59(83)56(80)54(78)48(40-71)88-67/h36,38,46-51,53-68,71-74,76,78-85H,4-35,37,39-44H2,1-3H3,(H,69,75)(H,70,77)/b38-36+/t46-,47+,48?,49?,50?,51?,53?,54-,55-,56-,57+,58+,59?,60?,61?,62-,63+,64+,65-,66+,67-,68-/m0/s1. The molecular formula is C68H126N2O23. The maximum absolute atomic E-state index is 13.5. The van der Waals surface area contributed by atoms with Crippen molar-refractivity contribution in [3.8, 4) is 0 Å². The molecule has 0 aromatic heterocycles. The molecule has 4 rings (SSSR count). The van der Waals surface area contributed by atoms with Crippen molar-refractivity contribution in [1.82, 2.24) is 10.6 Å². The SMILES string of the molecule is CCCCCCCCCCCCC/C=C/[C@@H](O)[C@H](CO[C@@H]1OC(CO)[C@@H](O[C@@H]2OC(CO)[C@H](O[C@@H]3OC(CO)[C@H](O)[C@H](O[C@@H]4OC(CO)[C@H](O)[C@H](O)C4O)C3NC(C)=O)[C@H](O)C2O)[C@H](O)C1O)NC(=O)CCCCCCCCCCCCCCCCCCCCCCC. The maximum Gasteiger partial charge on any atom is 0.220 e. The third-order valence-corrected chi connectivity index (χ3v) is 18.6. The normalized spacial score (nSPS) is 32.4. The van der Waals surface area contributed by atoms with Crippen LogP contribution in [-0.4, -0.2) is 246 Å². The first-order valence-corrected chi connectivity index (χ1v) is 35.9. The number of amides is 2. The van der Waals surface area contributed by atoms with Crippen molar-refractivity contribution in [3.05, 3.63) is 12.2 Å². The number of rotatable bonds is 51. The second-order valence-corrected chi connectivity index (χ2v) is 26.4. The summed E-state index contributed by atoms with van der Waals surface area (Å²) in [4.78, 5) is 26.1. The van der Waals surface area contributed by atoms with Crippen LogP contribution < -0.4 is 10.6 Å². The number of aliphatic hydroxyl groups excluding tert-OH is 13. The van der Waals surface area contributed by atoms with Crippen LogP contribution in [0.2, 0.25) is 0 Å². The van der Waals surface area contributed by atoms with E-state index in [0.29, 0.717) is 12.8 Å². The van der Waals surface area contributed by atoms with Crippen LogP contribution in [0, 0.1) is 0 Å². The molecule has 0 bridgehead atoms. The van der Waals surface area contributed by atoms with Gasteiger partial charge in [-0.25, -0.2) is 0 Å². The number of unbranched alkanes of at least 4 members (excludes halogenated alkanes) is 31. The van der Waals surface area contributed by atoms with Crippen LogP contribution in [0.5, 0.6) is 0 Å². The van der Waals surface area contributed by atoms with E-state index >= 15 is 0 Å². The first kappa shape index (κ1) is 83.3. The van der Waals surface area contributed by atoms with Gasteiger partial charge in [0.2, 0.25) is 11.8 Å². The zero-order chi connectivity index (χ0) is 67.9. The highest BCUT2D eigenvalue weighted by molar-refractivity contribution is 5.76. The van der Waals surface area contributed by atoms with Crippen molar-refractivity contribution in [3.63, 3.8) is 0 Å². The van der Waals surface area contributed by atoms with Crippen LogP contribution in [0.4, 0.5) is 0 Å². The van der Waals surface area contributed by atoms with Gasteiger partial charge in [0, 0.05) is 13.3 Å². The maximum atomic E-state index is 13.5. The Morgan fingerprint density at radius 2 is 0.774 bits per heavy atom. The number of nitrogens with one attached hydrogen (secondary N) is 2. The van der Waals surface area contributed by atoms with Crippen LogP contribution >= 0.6 is 0 Å². The fourth-order valence-corrected chi connectivity index (χ4v) is 12.8. The van der Waals surface area contributed by atoms with Gasteiger partial charge in [-0.15, -0.1) is 0 Å². The summed E-state index contributed by atoms with van der Waals surface area (Å²) < 4.78 is 46.8. The zero-order valence-electron chi connectivity index (χ0n) is 56.3. The smallest absolute Gasteiger partial charge is 0.220 e. The minimum absolute atomic E-state index is 0.218. The number of hydrogen-bond donors (Lipinski definition) is 15. The summed E-state index contributed by atoms with van der Waals surface area (Å²) in [5.74, 6) is -1.06. The molecule has 0 aromatic carbocycles. The molecule has 8 unspecified atom stereocenters. The second-order valence-electron chi connectivity index (χ2n) is 26.4. The van der Waals surface area contributed by atoms with E-state index in [0.717, 1.165) is 51.9 Å². The van der Waals surface area contributed by atoms with Crippen LogP contribution in [0.3, 0.4) is 0 Å². The number of aliphatic hydroxyl groups is 13. The Morgan fingerprint density at radius 1 is 0.419 bits per heavy atom. The number of carbonyl (C=O) groups is 2. The van der Waals surface area contributed by atoms with E-state index in [1.165, 1.54) is 154 Å². The Bertz CT molecular complexity index is 1930. The molecule has 0 saturated carbocycles. The topological polar surface area (TPSA) is 395 Å². The number of ether oxygens (including phenoxy) is 8. The van der Waals surface area contributed by atoms with E-state index in [9.17, 15) is 76.0 Å². The van der Waals surface area contributed by atoms with Gasteiger partial charge in [-0.1, -0.05) is 219 Å². The van der Waals surface area contributed by atoms with Crippen LogP contribution in [0.25, 0.3) is 0 Å². The molecule has 25 heteroatoms. The Morgan fingerprint density at radius 3 is 1.22 bits per heavy atom. The highest BCUT2D eigenvalue weighted by Gasteiger charge is 2.56. The minimum Gasteiger partial charge on any atom is -0.394 e. The Balaban J connectivity index is 1.30. The Labute approximate surface area is 553 Å². The van der Waals surface area contributed by atoms with Gasteiger partial charge in [0.1, 0.15) is 97.6 Å². The van der Waals surface area contributed by atoms with E-state index in [4.69, 9.17) is 37.9 Å². The van der Waals surface area contributed by atoms with E-state index < -0.39 is 174 Å². The van der Waals surface area contributed by atoms with Crippen molar-refractivity contribution in [2.45, 2.75) is 374 Å². The summed E-state index contributed by atoms with van der Waals surface area (Å²) in [5, 5.41) is 147. The van der Waals surface area contributed by atoms with Gasteiger partial charge in [-0.3, -0.25) is 9.59 Å². The number of carbonyl (C=O) groups excluding carboxylic acids is 2. The lowest BCUT2D eigenvalue weighted by atomic mass is 9.94. The van der Waals surface area contributed by atoms with Gasteiger partial charge in [0.15, 0.2) is 25.2 Å². The first-order valence-electron chi connectivity index (χ1n) is 35.9. The first-order chi connectivity index (χ1) is 45.0. The molecule has 22 atom stereocenters. The molecule has 0 aromatic rings. The molecule has 2 amide bonds. The van der Waals surface area contributed by atoms with Crippen LogP contribution in [0.15, 0.2) is 12.2 Å². The van der Waals surface area contributed by atoms with Crippen molar-refractivity contribution >= 4 is 11.8 Å². The highest BCUT2D eigenvalue weighted by Crippen LogP contribution is 2.35. The second kappa shape index (κ2) is 48.6. The average molecular weight is 1340 g/mol. The third-order valence-electron chi connectivity index (χ3n) is 18.6. The van der Waals surface area contributed by atoms with Gasteiger partial charge < -0.3 is 115 Å². The van der Waals surface area contributed by atoms with Crippen molar-refractivity contribution in [2.75, 3.05) is 33.0 Å². The van der Waals surface area contributed by atoms with Crippen molar-refractivity contribution in [1.29, 1.82) is 0 Å². The minimum atomic E-state index is -2.10. The van der Waals surface area contributed by atoms with Gasteiger partial charge in [-0.05, 0) is 19.3 Å². The molecule has 4 fully saturated rings. The molecule has 0 aliphatic carbocycles. The lowest BCUT2D eigenvalue weighted by Crippen LogP contribution is -2.70. The van der Waals surface area contributed by atoms with Crippen molar-refractivity contribution in [2.24, 2.45) is 0 Å². The summed E-state index contributed by atoms with van der Waals surface area (Å²) >= 11 is 0. The molecule has 4 heterocycles. The zero-order valence-corrected chi connectivity index (χ0v) is 56.3. The molecule has 93 heavy (non-hydrogen) atoms. The Hall–Kier alpha value is -2.16. The molecule has 546 valence electrons. The molecular weight excluding hydrogens is 1210 g/mol. The van der Waals surface area contributed by atoms with Crippen LogP contribution in [-0.2, 0) is 47.5 Å². The van der Waals surface area contributed by atoms with Crippen molar-refractivity contribution < 1.29 is 114 Å². The van der Waals surface area contributed by atoms with E-state index in [1.54, 1.807) is 6.08 Å². The molecule has 4 aliphatic heterocycles.